The molecule has 1 N–H and O–H groups in total. The van der Waals surface area contributed by atoms with Crippen molar-refractivity contribution in [2.75, 3.05) is 0 Å². The Bertz CT molecular complexity index is 1090. The third-order valence-corrected chi connectivity index (χ3v) is 6.02. The van der Waals surface area contributed by atoms with Crippen molar-refractivity contribution in [2.24, 2.45) is 0 Å². The second-order valence-electron chi connectivity index (χ2n) is 8.48. The van der Waals surface area contributed by atoms with E-state index < -0.39 is 6.04 Å². The van der Waals surface area contributed by atoms with Crippen LogP contribution in [0.3, 0.4) is 0 Å². The molecular weight excluding hydrogens is 451 g/mol. The van der Waals surface area contributed by atoms with Crippen LogP contribution < -0.4 is 5.32 Å². The number of hydrogen-bond donors (Lipinski definition) is 1. The quantitative estimate of drug-likeness (QED) is 0.412. The lowest BCUT2D eigenvalue weighted by atomic mass is 10.0. The summed E-state index contributed by atoms with van der Waals surface area (Å²) >= 11 is 6.12. The van der Waals surface area contributed by atoms with Crippen LogP contribution in [-0.2, 0) is 29.0 Å². The van der Waals surface area contributed by atoms with E-state index in [-0.39, 0.29) is 36.6 Å². The molecule has 0 saturated carbocycles. The van der Waals surface area contributed by atoms with Gasteiger partial charge < -0.3 is 10.2 Å². The molecule has 3 aromatic carbocycles. The van der Waals surface area contributed by atoms with Gasteiger partial charge in [-0.3, -0.25) is 9.59 Å². The Morgan fingerprint density at radius 1 is 0.941 bits per heavy atom. The van der Waals surface area contributed by atoms with E-state index in [0.29, 0.717) is 11.4 Å². The average Bonchev–Trinajstić information content (AvgIpc) is 2.83. The Balaban J connectivity index is 1.96. The molecular formula is C28H30ClFN2O2. The maximum absolute atomic E-state index is 13.6. The Kier molecular flexibility index (Phi) is 9.23. The molecule has 2 amide bonds. The molecule has 0 fully saturated rings. The standard InChI is InChI=1S/C28H30ClFN2O2/c1-3-20(2)31-28(34)26(17-21-8-5-4-6-9-21)32(19-22-12-14-25(30)15-13-22)27(33)18-23-10-7-11-24(29)16-23/h4-16,20,26H,3,17-19H2,1-2H3,(H,31,34)/t20-,26-/m1/s1. The molecule has 4 nitrogen and oxygen atoms in total. The molecule has 0 aromatic heterocycles. The summed E-state index contributed by atoms with van der Waals surface area (Å²) < 4.78 is 13.5. The van der Waals surface area contributed by atoms with Crippen LogP contribution in [0.5, 0.6) is 0 Å². The highest BCUT2D eigenvalue weighted by Gasteiger charge is 2.31. The molecule has 178 valence electrons. The molecule has 3 rings (SSSR count). The van der Waals surface area contributed by atoms with Gasteiger partial charge in [0.05, 0.1) is 6.42 Å². The van der Waals surface area contributed by atoms with Crippen LogP contribution in [0.1, 0.15) is 37.0 Å². The van der Waals surface area contributed by atoms with Gasteiger partial charge in [0.2, 0.25) is 11.8 Å². The third kappa shape index (κ3) is 7.42. The van der Waals surface area contributed by atoms with Crippen molar-refractivity contribution in [1.29, 1.82) is 0 Å². The van der Waals surface area contributed by atoms with Gasteiger partial charge in [0.1, 0.15) is 11.9 Å². The van der Waals surface area contributed by atoms with Crippen molar-refractivity contribution in [3.05, 3.63) is 106 Å². The summed E-state index contributed by atoms with van der Waals surface area (Å²) in [6, 6.07) is 22.0. The number of nitrogens with zero attached hydrogens (tertiary/aromatic N) is 1. The zero-order valence-electron chi connectivity index (χ0n) is 19.5. The number of carbonyl (C=O) groups is 2. The summed E-state index contributed by atoms with van der Waals surface area (Å²) in [5.41, 5.74) is 2.46. The zero-order chi connectivity index (χ0) is 24.5. The summed E-state index contributed by atoms with van der Waals surface area (Å²) in [5.74, 6) is -0.762. The highest BCUT2D eigenvalue weighted by Crippen LogP contribution is 2.18. The smallest absolute Gasteiger partial charge is 0.243 e. The van der Waals surface area contributed by atoms with E-state index in [9.17, 15) is 14.0 Å². The minimum absolute atomic E-state index is 0.0264. The second kappa shape index (κ2) is 12.3. The molecule has 0 spiro atoms. The minimum Gasteiger partial charge on any atom is -0.352 e. The van der Waals surface area contributed by atoms with Gasteiger partial charge in [0, 0.05) is 24.0 Å². The summed E-state index contributed by atoms with van der Waals surface area (Å²) in [7, 11) is 0. The summed E-state index contributed by atoms with van der Waals surface area (Å²) in [4.78, 5) is 28.6. The van der Waals surface area contributed by atoms with E-state index in [4.69, 9.17) is 11.6 Å². The van der Waals surface area contributed by atoms with Crippen LogP contribution in [0, 0.1) is 5.82 Å². The highest BCUT2D eigenvalue weighted by molar-refractivity contribution is 6.30. The fourth-order valence-electron chi connectivity index (χ4n) is 3.70. The normalized spacial score (nSPS) is 12.6. The number of benzene rings is 3. The fourth-order valence-corrected chi connectivity index (χ4v) is 3.92. The molecule has 0 radical (unpaired) electrons. The molecule has 0 bridgehead atoms. The Labute approximate surface area is 205 Å². The van der Waals surface area contributed by atoms with Crippen LogP contribution in [0.4, 0.5) is 4.39 Å². The zero-order valence-corrected chi connectivity index (χ0v) is 20.3. The SMILES string of the molecule is CC[C@@H](C)NC(=O)[C@@H](Cc1ccccc1)N(Cc1ccc(F)cc1)C(=O)Cc1cccc(Cl)c1. The molecule has 3 aromatic rings. The molecule has 0 aliphatic rings. The number of halogens is 2. The topological polar surface area (TPSA) is 49.4 Å². The Morgan fingerprint density at radius 2 is 1.62 bits per heavy atom. The minimum atomic E-state index is -0.729. The van der Waals surface area contributed by atoms with Crippen molar-refractivity contribution >= 4 is 23.4 Å². The average molecular weight is 481 g/mol. The Morgan fingerprint density at radius 3 is 2.26 bits per heavy atom. The first-order valence-electron chi connectivity index (χ1n) is 11.5. The lowest BCUT2D eigenvalue weighted by Gasteiger charge is -2.32. The van der Waals surface area contributed by atoms with Crippen LogP contribution in [0.15, 0.2) is 78.9 Å². The van der Waals surface area contributed by atoms with Gasteiger partial charge in [0.25, 0.3) is 0 Å². The van der Waals surface area contributed by atoms with Gasteiger partial charge >= 0.3 is 0 Å². The summed E-state index contributed by atoms with van der Waals surface area (Å²) in [6.45, 7) is 4.12. The van der Waals surface area contributed by atoms with Gasteiger partial charge in [-0.05, 0) is 54.3 Å². The predicted molar refractivity (Wildman–Crippen MR) is 134 cm³/mol. The summed E-state index contributed by atoms with van der Waals surface area (Å²) in [6.07, 6.45) is 1.24. The van der Waals surface area contributed by atoms with Crippen LogP contribution >= 0.6 is 11.6 Å². The highest BCUT2D eigenvalue weighted by atomic mass is 35.5. The van der Waals surface area contributed by atoms with E-state index in [0.717, 1.165) is 23.1 Å². The van der Waals surface area contributed by atoms with Crippen molar-refractivity contribution in [1.82, 2.24) is 10.2 Å². The molecule has 0 aliphatic carbocycles. The molecule has 0 aliphatic heterocycles. The third-order valence-electron chi connectivity index (χ3n) is 5.78. The van der Waals surface area contributed by atoms with Gasteiger partial charge in [-0.1, -0.05) is 73.1 Å². The maximum Gasteiger partial charge on any atom is 0.243 e. The molecule has 2 atom stereocenters. The maximum atomic E-state index is 13.6. The predicted octanol–water partition coefficient (Wildman–Crippen LogP) is 5.58. The van der Waals surface area contributed by atoms with Crippen LogP contribution in [0.2, 0.25) is 5.02 Å². The number of carbonyl (C=O) groups excluding carboxylic acids is 2. The number of rotatable bonds is 10. The largest absolute Gasteiger partial charge is 0.352 e. The van der Waals surface area contributed by atoms with E-state index in [1.165, 1.54) is 12.1 Å². The van der Waals surface area contributed by atoms with Crippen molar-refractivity contribution < 1.29 is 14.0 Å². The summed E-state index contributed by atoms with van der Waals surface area (Å²) in [5, 5.41) is 3.59. The molecule has 0 unspecified atom stereocenters. The van der Waals surface area contributed by atoms with E-state index in [2.05, 4.69) is 5.32 Å². The van der Waals surface area contributed by atoms with E-state index >= 15 is 0 Å². The number of nitrogens with one attached hydrogen (secondary N) is 1. The molecule has 0 saturated heterocycles. The van der Waals surface area contributed by atoms with E-state index in [1.807, 2.05) is 50.2 Å². The van der Waals surface area contributed by atoms with Gasteiger partial charge in [-0.2, -0.15) is 0 Å². The molecule has 0 heterocycles. The fraction of sp³-hybridized carbons (Fsp3) is 0.286. The van der Waals surface area contributed by atoms with Gasteiger partial charge in [-0.15, -0.1) is 0 Å². The van der Waals surface area contributed by atoms with Crippen LogP contribution in [0.25, 0.3) is 0 Å². The molecule has 34 heavy (non-hydrogen) atoms. The number of amides is 2. The van der Waals surface area contributed by atoms with Crippen molar-refractivity contribution in [3.63, 3.8) is 0 Å². The first-order valence-corrected chi connectivity index (χ1v) is 11.9. The van der Waals surface area contributed by atoms with Crippen molar-refractivity contribution in [2.45, 2.75) is 51.7 Å². The van der Waals surface area contributed by atoms with Crippen LogP contribution in [-0.4, -0.2) is 28.8 Å². The second-order valence-corrected chi connectivity index (χ2v) is 8.91. The first-order chi connectivity index (χ1) is 16.4. The molecule has 6 heteroatoms. The lowest BCUT2D eigenvalue weighted by Crippen LogP contribution is -2.52. The lowest BCUT2D eigenvalue weighted by molar-refractivity contribution is -0.141. The van der Waals surface area contributed by atoms with Gasteiger partial charge in [-0.25, -0.2) is 4.39 Å². The van der Waals surface area contributed by atoms with E-state index in [1.54, 1.807) is 35.2 Å². The number of hydrogen-bond acceptors (Lipinski definition) is 2. The van der Waals surface area contributed by atoms with Crippen molar-refractivity contribution in [3.8, 4) is 0 Å². The Hall–Kier alpha value is -3.18. The monoisotopic (exact) mass is 480 g/mol. The first kappa shape index (κ1) is 25.4. The van der Waals surface area contributed by atoms with Gasteiger partial charge in [0.15, 0.2) is 0 Å².